The van der Waals surface area contributed by atoms with Crippen LogP contribution in [-0.2, 0) is 33.3 Å². The molecule has 2 aliphatic rings. The van der Waals surface area contributed by atoms with Crippen molar-refractivity contribution in [2.75, 3.05) is 27.4 Å². The first-order valence-electron chi connectivity index (χ1n) is 34.9. The molecule has 11 N–H and O–H groups in total. The number of ether oxygens (including phenoxy) is 4. The molecule has 2 rings (SSSR count). The molecule has 0 aromatic heterocycles. The van der Waals surface area contributed by atoms with Gasteiger partial charge in [0.05, 0.1) is 13.2 Å². The van der Waals surface area contributed by atoms with Crippen molar-refractivity contribution in [3.05, 3.63) is 0 Å². The highest BCUT2D eigenvalue weighted by molar-refractivity contribution is 5.67. The second kappa shape index (κ2) is 67.3. The minimum absolute atomic E-state index is 0.345. The first-order valence-corrected chi connectivity index (χ1v) is 34.9. The van der Waals surface area contributed by atoms with E-state index in [1.807, 2.05) is 0 Å². The first-order chi connectivity index (χ1) is 41.5. The van der Waals surface area contributed by atoms with Crippen LogP contribution in [0.25, 0.3) is 0 Å². The number of rotatable bonds is 52. The van der Waals surface area contributed by atoms with Crippen LogP contribution in [0.15, 0.2) is 0 Å². The van der Waals surface area contributed by atoms with Crippen LogP contribution in [0.4, 0.5) is 0 Å². The highest BCUT2D eigenvalue weighted by Gasteiger charge is 2.44. The second-order valence-electron chi connectivity index (χ2n) is 24.1. The summed E-state index contributed by atoms with van der Waals surface area (Å²) in [6.07, 6.45) is 48.8. The molecule has 2 aliphatic heterocycles. The van der Waals surface area contributed by atoms with E-state index >= 15 is 0 Å². The summed E-state index contributed by atoms with van der Waals surface area (Å²) in [4.78, 5) is 31.0. The Morgan fingerprint density at radius 2 is 0.442 bits per heavy atom. The van der Waals surface area contributed by atoms with Gasteiger partial charge in [0.25, 0.3) is 0 Å². The number of unbranched alkanes of at least 4 members (excludes halogenated alkanes) is 42. The van der Waals surface area contributed by atoms with Gasteiger partial charge in [-0.3, -0.25) is 14.4 Å². The fourth-order valence-electron chi connectivity index (χ4n) is 10.5. The number of hydrogen-bond donors (Lipinski definition) is 11. The molecule has 2 saturated heterocycles. The molecule has 0 spiro atoms. The van der Waals surface area contributed by atoms with Crippen molar-refractivity contribution in [3.63, 3.8) is 0 Å². The van der Waals surface area contributed by atoms with Gasteiger partial charge in [-0.15, -0.1) is 0 Å². The van der Waals surface area contributed by atoms with Crippen molar-refractivity contribution in [2.24, 2.45) is 0 Å². The van der Waals surface area contributed by atoms with Crippen molar-refractivity contribution in [1.82, 2.24) is 0 Å². The van der Waals surface area contributed by atoms with E-state index < -0.39 is 92.5 Å². The van der Waals surface area contributed by atoms with Gasteiger partial charge in [0.1, 0.15) is 48.8 Å². The SMILES string of the molecule is CCCCCCCCCCCCCCCCCC(=O)O.CCCCCCCCCCCCCCCCCC(=O)O.CCCCCCCCCCCCCCCCCC(=O)O.COC1O[C@@H](CO)[C@H](O)[C@@H](O)[C@@H]1O.COC1O[C@@H](CO)[C@H](O)[C@@H](O)[C@@H]1O. The predicted octanol–water partition coefficient (Wildman–Crippen LogP) is 13.9. The third kappa shape index (κ3) is 57.1. The summed E-state index contributed by atoms with van der Waals surface area (Å²) >= 11 is 0. The lowest BCUT2D eigenvalue weighted by molar-refractivity contribution is -0.294. The summed E-state index contributed by atoms with van der Waals surface area (Å²) in [5.74, 6) is -1.96. The molecule has 516 valence electrons. The minimum Gasteiger partial charge on any atom is -0.481 e. The van der Waals surface area contributed by atoms with Crippen LogP contribution < -0.4 is 0 Å². The Labute approximate surface area is 523 Å². The summed E-state index contributed by atoms with van der Waals surface area (Å²) in [6, 6.07) is 0. The van der Waals surface area contributed by atoms with Crippen LogP contribution >= 0.6 is 0 Å². The smallest absolute Gasteiger partial charge is 0.303 e. The molecule has 2 unspecified atom stereocenters. The van der Waals surface area contributed by atoms with Crippen LogP contribution in [0.2, 0.25) is 0 Å². The lowest BCUT2D eigenvalue weighted by atomic mass is 9.99. The van der Waals surface area contributed by atoms with E-state index in [0.717, 1.165) is 38.5 Å². The average Bonchev–Trinajstić information content (AvgIpc) is 2.34. The third-order valence-electron chi connectivity index (χ3n) is 16.1. The average molecular weight is 1240 g/mol. The van der Waals surface area contributed by atoms with E-state index in [4.69, 9.17) is 44.5 Å². The fourth-order valence-corrected chi connectivity index (χ4v) is 10.5. The number of carboxylic acids is 3. The summed E-state index contributed by atoms with van der Waals surface area (Å²) in [6.45, 7) is 5.93. The molecule has 0 aromatic rings. The zero-order valence-electron chi connectivity index (χ0n) is 55.4. The summed E-state index contributed by atoms with van der Waals surface area (Å²) in [5, 5.41) is 98.7. The highest BCUT2D eigenvalue weighted by Crippen LogP contribution is 2.23. The monoisotopic (exact) mass is 1240 g/mol. The van der Waals surface area contributed by atoms with Crippen molar-refractivity contribution in [1.29, 1.82) is 0 Å². The maximum absolute atomic E-state index is 10.3. The zero-order valence-corrected chi connectivity index (χ0v) is 55.4. The van der Waals surface area contributed by atoms with Crippen LogP contribution in [-0.4, -0.2) is 163 Å². The van der Waals surface area contributed by atoms with Gasteiger partial charge in [0.15, 0.2) is 12.6 Å². The van der Waals surface area contributed by atoms with E-state index in [-0.39, 0.29) is 0 Å². The van der Waals surface area contributed by atoms with Gasteiger partial charge in [-0.25, -0.2) is 0 Å². The number of aliphatic carboxylic acids is 3. The standard InChI is InChI=1S/3C18H36O2.2C7H14O6/c3*1-2-3-4-5-6-7-8-9-10-11-12-13-14-15-16-17-18(19)20;2*1-12-7-6(11)5(10)4(9)3(2-8)13-7/h3*2-17H2,1H3,(H,19,20);2*3-11H,2H2,1H3/t;;;2*3-,4-,5+,6-,7?/m...00/s1. The Hall–Kier alpha value is -2.07. The number of aliphatic hydroxyl groups excluding tert-OH is 8. The summed E-state index contributed by atoms with van der Waals surface area (Å²) in [5.41, 5.74) is 0. The lowest BCUT2D eigenvalue weighted by Crippen LogP contribution is -2.58. The van der Waals surface area contributed by atoms with E-state index in [1.54, 1.807) is 0 Å². The van der Waals surface area contributed by atoms with E-state index in [2.05, 4.69) is 20.8 Å². The molecule has 0 amide bonds. The topological polar surface area (TPSA) is 311 Å². The number of methoxy groups -OCH3 is 2. The molecule has 0 saturated carbocycles. The summed E-state index contributed by atoms with van der Waals surface area (Å²) < 4.78 is 19.3. The van der Waals surface area contributed by atoms with Gasteiger partial charge in [-0.2, -0.15) is 0 Å². The number of hydrogen-bond acceptors (Lipinski definition) is 15. The Bertz CT molecular complexity index is 1230. The van der Waals surface area contributed by atoms with Crippen molar-refractivity contribution < 1.29 is 89.5 Å². The molecule has 2 fully saturated rings. The third-order valence-corrected chi connectivity index (χ3v) is 16.1. The Kier molecular flexibility index (Phi) is 69.0. The Morgan fingerprint density at radius 3 is 0.581 bits per heavy atom. The molecule has 86 heavy (non-hydrogen) atoms. The van der Waals surface area contributed by atoms with Gasteiger partial charge in [0, 0.05) is 33.5 Å². The van der Waals surface area contributed by atoms with Gasteiger partial charge in [-0.1, -0.05) is 290 Å². The normalized spacial score (nSPS) is 21.6. The van der Waals surface area contributed by atoms with E-state index in [0.29, 0.717) is 19.3 Å². The van der Waals surface area contributed by atoms with Gasteiger partial charge < -0.3 is 75.1 Å². The quantitative estimate of drug-likeness (QED) is 0.0252. The molecule has 0 aliphatic carbocycles. The molecule has 2 heterocycles. The van der Waals surface area contributed by atoms with Crippen molar-refractivity contribution in [3.8, 4) is 0 Å². The molecule has 0 aromatic carbocycles. The molecule has 18 nitrogen and oxygen atoms in total. The largest absolute Gasteiger partial charge is 0.481 e. The molecule has 18 heteroatoms. The van der Waals surface area contributed by atoms with Gasteiger partial charge in [0.2, 0.25) is 0 Å². The van der Waals surface area contributed by atoms with E-state index in [9.17, 15) is 45.0 Å². The minimum atomic E-state index is -1.36. The highest BCUT2D eigenvalue weighted by atomic mass is 16.7. The Morgan fingerprint density at radius 1 is 0.279 bits per heavy atom. The number of carboxylic acid groups (broad SMARTS) is 3. The first kappa shape index (κ1) is 88.1. The fraction of sp³-hybridized carbons (Fsp3) is 0.956. The zero-order chi connectivity index (χ0) is 64.7. The second-order valence-corrected chi connectivity index (χ2v) is 24.1. The van der Waals surface area contributed by atoms with Crippen LogP contribution in [0, 0.1) is 0 Å². The van der Waals surface area contributed by atoms with Gasteiger partial charge >= 0.3 is 17.9 Å². The van der Waals surface area contributed by atoms with Crippen molar-refractivity contribution >= 4 is 17.9 Å². The van der Waals surface area contributed by atoms with Crippen molar-refractivity contribution in [2.45, 2.75) is 390 Å². The lowest BCUT2D eigenvalue weighted by Gasteiger charge is -2.38. The maximum atomic E-state index is 10.3. The summed E-state index contributed by atoms with van der Waals surface area (Å²) in [7, 11) is 2.60. The van der Waals surface area contributed by atoms with Crippen LogP contribution in [0.5, 0.6) is 0 Å². The van der Waals surface area contributed by atoms with E-state index in [1.165, 1.54) is 265 Å². The van der Waals surface area contributed by atoms with Crippen LogP contribution in [0.3, 0.4) is 0 Å². The number of aliphatic hydroxyl groups is 8. The predicted molar refractivity (Wildman–Crippen MR) is 343 cm³/mol. The molecule has 10 atom stereocenters. The van der Waals surface area contributed by atoms with Gasteiger partial charge in [-0.05, 0) is 19.3 Å². The van der Waals surface area contributed by atoms with Crippen LogP contribution in [0.1, 0.15) is 329 Å². The Balaban J connectivity index is -0.00000101. The molecule has 0 bridgehead atoms. The molecule has 0 radical (unpaired) electrons. The maximum Gasteiger partial charge on any atom is 0.303 e. The molecular weight excluding hydrogens is 1100 g/mol. The molecular formula is C68H136O18. The number of carbonyl (C=O) groups is 3.